The molecule has 0 aliphatic heterocycles. The first kappa shape index (κ1) is 19.5. The van der Waals surface area contributed by atoms with Gasteiger partial charge >= 0.3 is 5.97 Å². The van der Waals surface area contributed by atoms with E-state index in [2.05, 4.69) is 20.8 Å². The second-order valence-electron chi connectivity index (χ2n) is 7.70. The lowest BCUT2D eigenvalue weighted by molar-refractivity contribution is -0.145. The van der Waals surface area contributed by atoms with E-state index in [0.717, 1.165) is 12.0 Å². The molecule has 0 radical (unpaired) electrons. The molecule has 0 saturated carbocycles. The third-order valence-corrected chi connectivity index (χ3v) is 4.34. The fourth-order valence-electron chi connectivity index (χ4n) is 2.92. The van der Waals surface area contributed by atoms with Crippen molar-refractivity contribution in [3.8, 4) is 0 Å². The van der Waals surface area contributed by atoms with Crippen molar-refractivity contribution in [3.63, 3.8) is 0 Å². The summed E-state index contributed by atoms with van der Waals surface area (Å²) in [6.07, 6.45) is 0.116. The molecule has 0 fully saturated rings. The number of aliphatic hydroxyl groups is 1. The van der Waals surface area contributed by atoms with Crippen molar-refractivity contribution < 1.29 is 15.0 Å². The van der Waals surface area contributed by atoms with E-state index < -0.39 is 18.0 Å². The normalized spacial score (nSPS) is 14.1. The number of aliphatic carboxylic acids is 1. The van der Waals surface area contributed by atoms with Gasteiger partial charge in [-0.25, -0.2) is 0 Å². The first-order chi connectivity index (χ1) is 11.7. The Morgan fingerprint density at radius 3 is 2.20 bits per heavy atom. The Kier molecular flexibility index (Phi) is 6.26. The van der Waals surface area contributed by atoms with Crippen LogP contribution in [0.1, 0.15) is 43.6 Å². The molecule has 134 valence electrons. The molecule has 0 aliphatic rings. The lowest BCUT2D eigenvalue weighted by Crippen LogP contribution is -2.24. The van der Waals surface area contributed by atoms with Gasteiger partial charge in [-0.1, -0.05) is 68.8 Å². The van der Waals surface area contributed by atoms with Crippen LogP contribution in [0.15, 0.2) is 48.5 Å². The largest absolute Gasteiger partial charge is 0.481 e. The van der Waals surface area contributed by atoms with Gasteiger partial charge in [0.05, 0.1) is 12.0 Å². The molecule has 2 N–H and O–H groups in total. The second-order valence-corrected chi connectivity index (χ2v) is 8.14. The Balaban J connectivity index is 2.15. The molecule has 0 aliphatic carbocycles. The van der Waals surface area contributed by atoms with Crippen LogP contribution in [0.2, 0.25) is 5.02 Å². The lowest BCUT2D eigenvalue weighted by atomic mass is 9.86. The van der Waals surface area contributed by atoms with Crippen LogP contribution in [0.4, 0.5) is 0 Å². The highest BCUT2D eigenvalue weighted by Crippen LogP contribution is 2.28. The molecule has 2 atom stereocenters. The zero-order valence-corrected chi connectivity index (χ0v) is 15.6. The van der Waals surface area contributed by atoms with Gasteiger partial charge in [0.25, 0.3) is 0 Å². The number of aliphatic hydroxyl groups excluding tert-OH is 1. The predicted octanol–water partition coefficient (Wildman–Crippen LogP) is 4.91. The minimum Gasteiger partial charge on any atom is -0.481 e. The van der Waals surface area contributed by atoms with E-state index in [1.807, 2.05) is 24.3 Å². The first-order valence-electron chi connectivity index (χ1n) is 8.40. The van der Waals surface area contributed by atoms with Crippen LogP contribution < -0.4 is 0 Å². The van der Waals surface area contributed by atoms with Crippen molar-refractivity contribution >= 4 is 17.6 Å². The van der Waals surface area contributed by atoms with E-state index in [4.69, 9.17) is 11.6 Å². The number of carboxylic acids is 1. The zero-order valence-electron chi connectivity index (χ0n) is 14.9. The highest BCUT2D eigenvalue weighted by molar-refractivity contribution is 6.30. The van der Waals surface area contributed by atoms with E-state index >= 15 is 0 Å². The minimum absolute atomic E-state index is 0.202. The van der Waals surface area contributed by atoms with Crippen LogP contribution in [0.5, 0.6) is 0 Å². The maximum Gasteiger partial charge on any atom is 0.309 e. The Hall–Kier alpha value is -1.84. The monoisotopic (exact) mass is 360 g/mol. The molecule has 0 saturated heterocycles. The molecule has 2 aromatic carbocycles. The molecular formula is C21H25ClO3. The lowest BCUT2D eigenvalue weighted by Gasteiger charge is -2.21. The summed E-state index contributed by atoms with van der Waals surface area (Å²) >= 11 is 5.94. The van der Waals surface area contributed by atoms with Gasteiger partial charge in [-0.05, 0) is 47.1 Å². The van der Waals surface area contributed by atoms with E-state index in [-0.39, 0.29) is 11.8 Å². The molecule has 3 nitrogen and oxygen atoms in total. The van der Waals surface area contributed by atoms with E-state index in [1.165, 1.54) is 5.56 Å². The van der Waals surface area contributed by atoms with E-state index in [9.17, 15) is 15.0 Å². The smallest absolute Gasteiger partial charge is 0.309 e. The number of hydrogen-bond donors (Lipinski definition) is 2. The van der Waals surface area contributed by atoms with Gasteiger partial charge in [-0.15, -0.1) is 0 Å². The van der Waals surface area contributed by atoms with Crippen molar-refractivity contribution in [1.82, 2.24) is 0 Å². The summed E-state index contributed by atoms with van der Waals surface area (Å²) in [7, 11) is 0. The fourth-order valence-corrected chi connectivity index (χ4v) is 3.12. The number of rotatable bonds is 6. The van der Waals surface area contributed by atoms with Crippen LogP contribution in [-0.2, 0) is 17.6 Å². The van der Waals surface area contributed by atoms with Crippen LogP contribution in [-0.4, -0.2) is 16.2 Å². The van der Waals surface area contributed by atoms with Gasteiger partial charge in [0, 0.05) is 5.02 Å². The van der Waals surface area contributed by atoms with Crippen molar-refractivity contribution in [2.24, 2.45) is 11.3 Å². The second kappa shape index (κ2) is 8.03. The quantitative estimate of drug-likeness (QED) is 0.769. The van der Waals surface area contributed by atoms with Crippen molar-refractivity contribution in [3.05, 3.63) is 70.2 Å². The molecule has 4 heteroatoms. The Morgan fingerprint density at radius 1 is 1.08 bits per heavy atom. The SMILES string of the molecule is CC(C)(C)Cc1ccc(CC(C(=O)O)C(O)c2cccc(Cl)c2)cc1. The fraction of sp³-hybridized carbons (Fsp3) is 0.381. The third kappa shape index (κ3) is 5.87. The van der Waals surface area contributed by atoms with E-state index in [0.29, 0.717) is 10.6 Å². The molecule has 0 spiro atoms. The van der Waals surface area contributed by atoms with Crippen molar-refractivity contribution in [1.29, 1.82) is 0 Å². The number of carbonyl (C=O) groups is 1. The summed E-state index contributed by atoms with van der Waals surface area (Å²) in [6.45, 7) is 6.55. The molecule has 0 bridgehead atoms. The number of halogens is 1. The van der Waals surface area contributed by atoms with Gasteiger partial charge < -0.3 is 10.2 Å². The van der Waals surface area contributed by atoms with Crippen LogP contribution in [0.3, 0.4) is 0 Å². The van der Waals surface area contributed by atoms with Crippen LogP contribution >= 0.6 is 11.6 Å². The summed E-state index contributed by atoms with van der Waals surface area (Å²) in [5.41, 5.74) is 2.84. The zero-order chi connectivity index (χ0) is 18.6. The summed E-state index contributed by atoms with van der Waals surface area (Å²) in [5, 5.41) is 20.5. The maximum absolute atomic E-state index is 11.7. The molecule has 0 heterocycles. The van der Waals surface area contributed by atoms with Crippen molar-refractivity contribution in [2.75, 3.05) is 0 Å². The molecule has 2 aromatic rings. The van der Waals surface area contributed by atoms with Gasteiger partial charge in [-0.3, -0.25) is 4.79 Å². The predicted molar refractivity (Wildman–Crippen MR) is 101 cm³/mol. The molecule has 2 rings (SSSR count). The van der Waals surface area contributed by atoms with Crippen LogP contribution in [0, 0.1) is 11.3 Å². The number of benzene rings is 2. The first-order valence-corrected chi connectivity index (χ1v) is 8.78. The molecule has 25 heavy (non-hydrogen) atoms. The Labute approximate surface area is 154 Å². The van der Waals surface area contributed by atoms with Gasteiger partial charge in [0.15, 0.2) is 0 Å². The number of carboxylic acid groups (broad SMARTS) is 1. The minimum atomic E-state index is -1.11. The third-order valence-electron chi connectivity index (χ3n) is 4.10. The van der Waals surface area contributed by atoms with Gasteiger partial charge in [0.2, 0.25) is 0 Å². The topological polar surface area (TPSA) is 57.5 Å². The summed E-state index contributed by atoms with van der Waals surface area (Å²) in [5.74, 6) is -1.95. The molecule has 0 aromatic heterocycles. The highest BCUT2D eigenvalue weighted by atomic mass is 35.5. The average molecular weight is 361 g/mol. The number of hydrogen-bond acceptors (Lipinski definition) is 2. The average Bonchev–Trinajstić information content (AvgIpc) is 2.52. The standard InChI is InChI=1S/C21H25ClO3/c1-21(2,3)13-15-9-7-14(8-10-15)11-18(20(24)25)19(23)16-5-4-6-17(22)12-16/h4-10,12,18-19,23H,11,13H2,1-3H3,(H,24,25). The molecular weight excluding hydrogens is 336 g/mol. The Morgan fingerprint density at radius 2 is 1.68 bits per heavy atom. The summed E-state index contributed by atoms with van der Waals surface area (Å²) in [4.78, 5) is 11.7. The molecule has 0 amide bonds. The Bertz CT molecular complexity index is 717. The van der Waals surface area contributed by atoms with Crippen molar-refractivity contribution in [2.45, 2.75) is 39.7 Å². The summed E-state index contributed by atoms with van der Waals surface area (Å²) < 4.78 is 0. The van der Waals surface area contributed by atoms with Crippen LogP contribution in [0.25, 0.3) is 0 Å². The molecule has 2 unspecified atom stereocenters. The highest BCUT2D eigenvalue weighted by Gasteiger charge is 2.28. The maximum atomic E-state index is 11.7. The summed E-state index contributed by atoms with van der Waals surface area (Å²) in [6, 6.07) is 14.7. The van der Waals surface area contributed by atoms with E-state index in [1.54, 1.807) is 24.3 Å². The van der Waals surface area contributed by atoms with Gasteiger partial charge in [0.1, 0.15) is 0 Å². The van der Waals surface area contributed by atoms with Gasteiger partial charge in [-0.2, -0.15) is 0 Å².